The number of fused-ring (bicyclic) bond motifs is 1. The Morgan fingerprint density at radius 3 is 2.74 bits per heavy atom. The van der Waals surface area contributed by atoms with Gasteiger partial charge >= 0.3 is 0 Å². The second-order valence-electron chi connectivity index (χ2n) is 8.61. The molecule has 4 aromatic rings. The largest absolute Gasteiger partial charge is 0.369 e. The number of piperidine rings is 1. The van der Waals surface area contributed by atoms with Gasteiger partial charge in [0, 0.05) is 35.5 Å². The van der Waals surface area contributed by atoms with E-state index in [2.05, 4.69) is 14.9 Å². The number of benzene rings is 1. The average molecular weight is 530 g/mol. The van der Waals surface area contributed by atoms with Crippen molar-refractivity contribution in [3.8, 4) is 10.7 Å². The summed E-state index contributed by atoms with van der Waals surface area (Å²) in [6.45, 7) is 4.65. The third-order valence-corrected chi connectivity index (χ3v) is 10.7. The Labute approximate surface area is 212 Å². The summed E-state index contributed by atoms with van der Waals surface area (Å²) in [6, 6.07) is 11.1. The number of carbonyl (C=O) groups is 1. The van der Waals surface area contributed by atoms with Crippen LogP contribution in [-0.2, 0) is 21.4 Å². The van der Waals surface area contributed by atoms with E-state index in [1.165, 1.54) is 15.6 Å². The van der Waals surface area contributed by atoms with Crippen molar-refractivity contribution in [3.63, 3.8) is 0 Å². The van der Waals surface area contributed by atoms with Crippen LogP contribution in [0, 0.1) is 5.92 Å². The number of hydrogen-bond acceptors (Lipinski definition) is 7. The number of thiazole rings is 1. The molecular formula is C24H27N5O3S3. The van der Waals surface area contributed by atoms with Gasteiger partial charge in [-0.3, -0.25) is 14.0 Å². The minimum Gasteiger partial charge on any atom is -0.369 e. The molecule has 0 aliphatic carbocycles. The number of likely N-dealkylation sites (tertiary alicyclic amines) is 1. The fraction of sp³-hybridized carbons (Fsp3) is 0.333. The highest BCUT2D eigenvalue weighted by molar-refractivity contribution is 7.94. The first-order valence-corrected chi connectivity index (χ1v) is 14.6. The second-order valence-corrected chi connectivity index (χ2v) is 12.8. The van der Waals surface area contributed by atoms with Crippen molar-refractivity contribution in [2.75, 3.05) is 23.9 Å². The molecular weight excluding hydrogens is 502 g/mol. The van der Waals surface area contributed by atoms with E-state index in [1.54, 1.807) is 28.8 Å². The fourth-order valence-corrected chi connectivity index (χ4v) is 8.07. The van der Waals surface area contributed by atoms with E-state index in [0.29, 0.717) is 16.4 Å². The van der Waals surface area contributed by atoms with Crippen LogP contribution >= 0.6 is 22.7 Å². The standard InChI is InChI=1S/C24H27N5O3S3/c1-2-29(35(31,32)21-7-4-12-33-21)20-6-3-5-17-13-19(27-22(17)20)24-26-14-18(34-24)15-28-10-8-16(9-11-28)23(25)30/h3-7,12-14,16,27H,2,8-11,15H2,1H3,(H2,25,30). The first-order valence-electron chi connectivity index (χ1n) is 11.5. The van der Waals surface area contributed by atoms with Crippen molar-refractivity contribution in [2.24, 2.45) is 11.7 Å². The third kappa shape index (κ3) is 4.73. The van der Waals surface area contributed by atoms with Crippen molar-refractivity contribution >= 4 is 55.2 Å². The molecule has 0 unspecified atom stereocenters. The fourth-order valence-electron chi connectivity index (χ4n) is 4.55. The minimum absolute atomic E-state index is 0.0184. The Bertz CT molecular complexity index is 1430. The molecule has 0 spiro atoms. The lowest BCUT2D eigenvalue weighted by Gasteiger charge is -2.29. The Balaban J connectivity index is 1.39. The maximum atomic E-state index is 13.3. The highest BCUT2D eigenvalue weighted by Crippen LogP contribution is 2.35. The Morgan fingerprint density at radius 2 is 2.06 bits per heavy atom. The number of nitrogens with two attached hydrogens (primary N) is 1. The maximum Gasteiger partial charge on any atom is 0.273 e. The number of anilines is 1. The van der Waals surface area contributed by atoms with Gasteiger partial charge in [-0.05, 0) is 56.4 Å². The summed E-state index contributed by atoms with van der Waals surface area (Å²) in [5.41, 5.74) is 7.71. The first kappa shape index (κ1) is 24.0. The van der Waals surface area contributed by atoms with Gasteiger partial charge in [-0.1, -0.05) is 18.2 Å². The Hall–Kier alpha value is -2.73. The lowest BCUT2D eigenvalue weighted by Crippen LogP contribution is -2.37. The number of primary amides is 1. The molecule has 0 saturated carbocycles. The zero-order chi connectivity index (χ0) is 24.6. The van der Waals surface area contributed by atoms with Crippen LogP contribution in [0.1, 0.15) is 24.6 Å². The summed E-state index contributed by atoms with van der Waals surface area (Å²) in [6.07, 6.45) is 3.49. The number of nitrogens with zero attached hydrogens (tertiary/aromatic N) is 3. The molecule has 1 aliphatic heterocycles. The normalized spacial score (nSPS) is 15.6. The summed E-state index contributed by atoms with van der Waals surface area (Å²) in [5, 5.41) is 3.56. The summed E-state index contributed by atoms with van der Waals surface area (Å²) in [7, 11) is -3.64. The van der Waals surface area contributed by atoms with Gasteiger partial charge in [0.1, 0.15) is 9.22 Å². The van der Waals surface area contributed by atoms with E-state index in [9.17, 15) is 13.2 Å². The highest BCUT2D eigenvalue weighted by Gasteiger charge is 2.27. The van der Waals surface area contributed by atoms with Crippen molar-refractivity contribution in [2.45, 2.75) is 30.5 Å². The van der Waals surface area contributed by atoms with E-state index >= 15 is 0 Å². The number of aromatic nitrogens is 2. The van der Waals surface area contributed by atoms with Gasteiger partial charge in [-0.25, -0.2) is 13.4 Å². The number of amides is 1. The number of rotatable bonds is 8. The molecule has 1 aromatic carbocycles. The van der Waals surface area contributed by atoms with Crippen LogP contribution < -0.4 is 10.0 Å². The van der Waals surface area contributed by atoms with Crippen LogP contribution in [0.25, 0.3) is 21.6 Å². The van der Waals surface area contributed by atoms with Crippen LogP contribution in [0.2, 0.25) is 0 Å². The smallest absolute Gasteiger partial charge is 0.273 e. The zero-order valence-electron chi connectivity index (χ0n) is 19.3. The molecule has 8 nitrogen and oxygen atoms in total. The number of H-pyrrole nitrogens is 1. The molecule has 0 bridgehead atoms. The van der Waals surface area contributed by atoms with Crippen LogP contribution in [0.3, 0.4) is 0 Å². The molecule has 3 N–H and O–H groups in total. The van der Waals surface area contributed by atoms with Gasteiger partial charge in [0.2, 0.25) is 5.91 Å². The number of para-hydroxylation sites is 1. The van der Waals surface area contributed by atoms with Crippen molar-refractivity contribution in [1.29, 1.82) is 0 Å². The zero-order valence-corrected chi connectivity index (χ0v) is 21.8. The maximum absolute atomic E-state index is 13.3. The van der Waals surface area contributed by atoms with Gasteiger partial charge in [-0.15, -0.1) is 22.7 Å². The van der Waals surface area contributed by atoms with Gasteiger partial charge in [0.05, 0.1) is 16.9 Å². The first-order chi connectivity index (χ1) is 16.9. The average Bonchev–Trinajstić information content (AvgIpc) is 3.60. The quantitative estimate of drug-likeness (QED) is 0.354. The van der Waals surface area contributed by atoms with Gasteiger partial charge in [-0.2, -0.15) is 0 Å². The van der Waals surface area contributed by atoms with Crippen molar-refractivity contribution < 1.29 is 13.2 Å². The van der Waals surface area contributed by atoms with E-state index in [-0.39, 0.29) is 11.8 Å². The van der Waals surface area contributed by atoms with E-state index in [0.717, 1.165) is 59.0 Å². The molecule has 1 fully saturated rings. The number of sulfonamides is 1. The third-order valence-electron chi connectivity index (χ3n) is 6.38. The minimum atomic E-state index is -3.64. The van der Waals surface area contributed by atoms with Crippen molar-refractivity contribution in [3.05, 3.63) is 52.9 Å². The number of hydrogen-bond donors (Lipinski definition) is 2. The van der Waals surface area contributed by atoms with Crippen molar-refractivity contribution in [1.82, 2.24) is 14.9 Å². The second kappa shape index (κ2) is 9.73. The molecule has 35 heavy (non-hydrogen) atoms. The van der Waals surface area contributed by atoms with Gasteiger partial charge in [0.15, 0.2) is 0 Å². The van der Waals surface area contributed by atoms with Gasteiger partial charge < -0.3 is 10.7 Å². The monoisotopic (exact) mass is 529 g/mol. The predicted molar refractivity (Wildman–Crippen MR) is 141 cm³/mol. The molecule has 5 rings (SSSR count). The molecule has 0 atom stereocenters. The molecule has 11 heteroatoms. The molecule has 0 radical (unpaired) electrons. The van der Waals surface area contributed by atoms with E-state index in [1.807, 2.05) is 37.4 Å². The molecule has 1 saturated heterocycles. The summed E-state index contributed by atoms with van der Waals surface area (Å²) in [5.74, 6) is -0.220. The molecule has 184 valence electrons. The van der Waals surface area contributed by atoms with Gasteiger partial charge in [0.25, 0.3) is 10.0 Å². The highest BCUT2D eigenvalue weighted by atomic mass is 32.2. The summed E-state index contributed by atoms with van der Waals surface area (Å²) < 4.78 is 28.3. The summed E-state index contributed by atoms with van der Waals surface area (Å²) in [4.78, 5) is 22.9. The van der Waals surface area contributed by atoms with E-state index < -0.39 is 10.0 Å². The SMILES string of the molecule is CCN(c1cccc2cc(-c3ncc(CN4CCC(C(N)=O)CC4)s3)[nH]c12)S(=O)(=O)c1cccs1. The molecule has 1 aliphatic rings. The summed E-state index contributed by atoms with van der Waals surface area (Å²) >= 11 is 2.84. The number of aromatic amines is 1. The van der Waals surface area contributed by atoms with Crippen LogP contribution in [0.15, 0.2) is 52.2 Å². The van der Waals surface area contributed by atoms with Crippen LogP contribution in [0.4, 0.5) is 5.69 Å². The number of nitrogens with one attached hydrogen (secondary N) is 1. The predicted octanol–water partition coefficient (Wildman–Crippen LogP) is 4.27. The Morgan fingerprint density at radius 1 is 1.26 bits per heavy atom. The van der Waals surface area contributed by atoms with E-state index in [4.69, 9.17) is 5.73 Å². The van der Waals surface area contributed by atoms with Crippen LogP contribution in [-0.4, -0.2) is 48.8 Å². The number of thiophene rings is 1. The lowest BCUT2D eigenvalue weighted by molar-refractivity contribution is -0.123. The topological polar surface area (TPSA) is 112 Å². The molecule has 1 amide bonds. The molecule has 4 heterocycles. The Kier molecular flexibility index (Phi) is 6.67. The van der Waals surface area contributed by atoms with Crippen LogP contribution in [0.5, 0.6) is 0 Å². The number of carbonyl (C=O) groups excluding carboxylic acids is 1. The molecule has 3 aromatic heterocycles. The lowest BCUT2D eigenvalue weighted by atomic mass is 9.96.